The second kappa shape index (κ2) is 4.20. The van der Waals surface area contributed by atoms with Crippen molar-refractivity contribution in [2.75, 3.05) is 5.32 Å². The lowest BCUT2D eigenvalue weighted by Gasteiger charge is -2.26. The number of hydrogen-bond donors (Lipinski definition) is 2. The molecule has 6 heteroatoms. The van der Waals surface area contributed by atoms with Crippen LogP contribution in [0.3, 0.4) is 0 Å². The summed E-state index contributed by atoms with van der Waals surface area (Å²) in [5.41, 5.74) is 0.281. The van der Waals surface area contributed by atoms with Gasteiger partial charge >= 0.3 is 5.69 Å². The van der Waals surface area contributed by atoms with Crippen LogP contribution in [0.25, 0.3) is 5.65 Å². The van der Waals surface area contributed by atoms with E-state index in [2.05, 4.69) is 41.3 Å². The van der Waals surface area contributed by atoms with Gasteiger partial charge < -0.3 is 5.32 Å². The maximum absolute atomic E-state index is 11.3. The van der Waals surface area contributed by atoms with Crippen molar-refractivity contribution in [3.63, 3.8) is 0 Å². The lowest BCUT2D eigenvalue weighted by molar-refractivity contribution is 0.509. The van der Waals surface area contributed by atoms with Gasteiger partial charge in [-0.25, -0.2) is 19.3 Å². The molecule has 0 spiro atoms. The summed E-state index contributed by atoms with van der Waals surface area (Å²) in [4.78, 5) is 15.5. The zero-order chi connectivity index (χ0) is 12.5. The van der Waals surface area contributed by atoms with E-state index in [9.17, 15) is 4.79 Å². The van der Waals surface area contributed by atoms with Gasteiger partial charge in [-0.05, 0) is 20.3 Å². The third kappa shape index (κ3) is 2.46. The van der Waals surface area contributed by atoms with E-state index in [1.54, 1.807) is 6.07 Å². The Morgan fingerprint density at radius 2 is 2.29 bits per heavy atom. The Morgan fingerprint density at radius 1 is 1.53 bits per heavy atom. The zero-order valence-electron chi connectivity index (χ0n) is 10.3. The van der Waals surface area contributed by atoms with Gasteiger partial charge in [0.25, 0.3) is 0 Å². The van der Waals surface area contributed by atoms with Gasteiger partial charge in [-0.3, -0.25) is 0 Å². The summed E-state index contributed by atoms with van der Waals surface area (Å²) >= 11 is 0. The SMILES string of the molecule is CCCC(C)(C)Nc1cc2n[nH]c(=O)n2cn1. The van der Waals surface area contributed by atoms with Gasteiger partial charge in [0.1, 0.15) is 12.1 Å². The monoisotopic (exact) mass is 235 g/mol. The Balaban J connectivity index is 2.28. The van der Waals surface area contributed by atoms with E-state index in [-0.39, 0.29) is 11.2 Å². The normalized spacial score (nSPS) is 11.9. The molecule has 2 rings (SSSR count). The van der Waals surface area contributed by atoms with E-state index in [4.69, 9.17) is 0 Å². The third-order valence-corrected chi connectivity index (χ3v) is 2.65. The Morgan fingerprint density at radius 3 is 3.00 bits per heavy atom. The molecule has 0 radical (unpaired) electrons. The molecule has 0 saturated carbocycles. The maximum atomic E-state index is 11.3. The minimum absolute atomic E-state index is 0.0172. The van der Waals surface area contributed by atoms with Gasteiger partial charge in [0.15, 0.2) is 5.65 Å². The average molecular weight is 235 g/mol. The van der Waals surface area contributed by atoms with Crippen LogP contribution in [0.2, 0.25) is 0 Å². The molecule has 0 atom stereocenters. The van der Waals surface area contributed by atoms with Crippen molar-refractivity contribution < 1.29 is 0 Å². The van der Waals surface area contributed by atoms with Gasteiger partial charge in [-0.2, -0.15) is 5.10 Å². The van der Waals surface area contributed by atoms with Crippen LogP contribution >= 0.6 is 0 Å². The summed E-state index contributed by atoms with van der Waals surface area (Å²) in [5.74, 6) is 0.731. The van der Waals surface area contributed by atoms with Crippen LogP contribution in [-0.2, 0) is 0 Å². The fraction of sp³-hybridized carbons (Fsp3) is 0.545. The molecule has 0 aliphatic heterocycles. The number of aromatic amines is 1. The number of nitrogens with one attached hydrogen (secondary N) is 2. The number of fused-ring (bicyclic) bond motifs is 1. The topological polar surface area (TPSA) is 75.1 Å². The lowest BCUT2D eigenvalue weighted by Crippen LogP contribution is -2.31. The van der Waals surface area contributed by atoms with Gasteiger partial charge in [0, 0.05) is 11.6 Å². The van der Waals surface area contributed by atoms with Gasteiger partial charge in [0.2, 0.25) is 0 Å². The van der Waals surface area contributed by atoms with Crippen LogP contribution in [0.4, 0.5) is 5.82 Å². The van der Waals surface area contributed by atoms with Crippen LogP contribution in [0.15, 0.2) is 17.2 Å². The number of rotatable bonds is 4. The van der Waals surface area contributed by atoms with E-state index < -0.39 is 0 Å². The van der Waals surface area contributed by atoms with Crippen molar-refractivity contribution in [1.82, 2.24) is 19.6 Å². The van der Waals surface area contributed by atoms with Crippen LogP contribution in [0, 0.1) is 0 Å². The van der Waals surface area contributed by atoms with Crippen molar-refractivity contribution in [3.05, 3.63) is 22.9 Å². The van der Waals surface area contributed by atoms with E-state index >= 15 is 0 Å². The number of nitrogens with zero attached hydrogens (tertiary/aromatic N) is 3. The molecule has 0 amide bonds. The third-order valence-electron chi connectivity index (χ3n) is 2.65. The maximum Gasteiger partial charge on any atom is 0.348 e. The molecule has 6 nitrogen and oxygen atoms in total. The summed E-state index contributed by atoms with van der Waals surface area (Å²) < 4.78 is 1.37. The number of aromatic nitrogens is 4. The van der Waals surface area contributed by atoms with Crippen molar-refractivity contribution >= 4 is 11.5 Å². The first kappa shape index (κ1) is 11.6. The minimum atomic E-state index is -0.271. The predicted molar refractivity (Wildman–Crippen MR) is 66.2 cm³/mol. The van der Waals surface area contributed by atoms with Crippen LogP contribution < -0.4 is 11.0 Å². The molecule has 0 saturated heterocycles. The Labute approximate surface area is 99.1 Å². The molecule has 92 valence electrons. The summed E-state index contributed by atoms with van der Waals surface area (Å²) in [6.07, 6.45) is 3.63. The summed E-state index contributed by atoms with van der Waals surface area (Å²) in [6.45, 7) is 6.39. The quantitative estimate of drug-likeness (QED) is 0.840. The van der Waals surface area contributed by atoms with E-state index in [1.807, 2.05) is 0 Å². The number of anilines is 1. The second-order valence-electron chi connectivity index (χ2n) is 4.79. The van der Waals surface area contributed by atoms with E-state index in [0.717, 1.165) is 18.7 Å². The largest absolute Gasteiger partial charge is 0.365 e. The average Bonchev–Trinajstić information content (AvgIpc) is 2.59. The standard InChI is InChI=1S/C11H17N5O/c1-4-5-11(2,3)13-8-6-9-14-15-10(17)16(9)7-12-8/h6-7,13H,4-5H2,1-3H3,(H,15,17). The summed E-state index contributed by atoms with van der Waals surface area (Å²) in [5, 5.41) is 9.62. The van der Waals surface area contributed by atoms with E-state index in [1.165, 1.54) is 10.7 Å². The molecule has 0 aliphatic rings. The van der Waals surface area contributed by atoms with Crippen LogP contribution in [-0.4, -0.2) is 25.1 Å². The van der Waals surface area contributed by atoms with Crippen molar-refractivity contribution in [3.8, 4) is 0 Å². The summed E-state index contributed by atoms with van der Waals surface area (Å²) in [7, 11) is 0. The molecule has 2 heterocycles. The molecule has 0 aliphatic carbocycles. The highest BCUT2D eigenvalue weighted by molar-refractivity contribution is 5.49. The minimum Gasteiger partial charge on any atom is -0.365 e. The fourth-order valence-corrected chi connectivity index (χ4v) is 1.91. The van der Waals surface area contributed by atoms with Crippen LogP contribution in [0.1, 0.15) is 33.6 Å². The molecule has 0 aromatic carbocycles. The molecule has 2 aromatic rings. The molecule has 0 unspecified atom stereocenters. The number of H-pyrrole nitrogens is 1. The molecule has 2 aromatic heterocycles. The van der Waals surface area contributed by atoms with Gasteiger partial charge in [-0.15, -0.1) is 0 Å². The zero-order valence-corrected chi connectivity index (χ0v) is 10.3. The van der Waals surface area contributed by atoms with Gasteiger partial charge in [-0.1, -0.05) is 13.3 Å². The van der Waals surface area contributed by atoms with Crippen molar-refractivity contribution in [2.45, 2.75) is 39.2 Å². The molecule has 0 fully saturated rings. The summed E-state index contributed by atoms with van der Waals surface area (Å²) in [6, 6.07) is 1.76. The first-order valence-corrected chi connectivity index (χ1v) is 5.73. The molecule has 2 N–H and O–H groups in total. The van der Waals surface area contributed by atoms with Gasteiger partial charge in [0.05, 0.1) is 0 Å². The van der Waals surface area contributed by atoms with Crippen molar-refractivity contribution in [2.24, 2.45) is 0 Å². The molecular formula is C11H17N5O. The molecular weight excluding hydrogens is 218 g/mol. The second-order valence-corrected chi connectivity index (χ2v) is 4.79. The first-order valence-electron chi connectivity index (χ1n) is 5.73. The predicted octanol–water partition coefficient (Wildman–Crippen LogP) is 1.41. The molecule has 0 bridgehead atoms. The Kier molecular flexibility index (Phi) is 2.87. The van der Waals surface area contributed by atoms with Crippen molar-refractivity contribution in [1.29, 1.82) is 0 Å². The smallest absolute Gasteiger partial charge is 0.348 e. The first-order chi connectivity index (χ1) is 8.02. The Bertz CT molecular complexity index is 568. The van der Waals surface area contributed by atoms with Crippen LogP contribution in [0.5, 0.6) is 0 Å². The fourth-order valence-electron chi connectivity index (χ4n) is 1.91. The highest BCUT2D eigenvalue weighted by atomic mass is 16.1. The lowest BCUT2D eigenvalue weighted by atomic mass is 9.99. The highest BCUT2D eigenvalue weighted by Crippen LogP contribution is 2.17. The highest BCUT2D eigenvalue weighted by Gasteiger charge is 2.16. The number of hydrogen-bond acceptors (Lipinski definition) is 4. The molecule has 17 heavy (non-hydrogen) atoms. The Hall–Kier alpha value is -1.85. The van der Waals surface area contributed by atoms with E-state index in [0.29, 0.717) is 5.65 Å².